The van der Waals surface area contributed by atoms with Gasteiger partial charge in [-0.05, 0) is 39.7 Å². The van der Waals surface area contributed by atoms with Crippen molar-refractivity contribution in [1.29, 1.82) is 0 Å². The van der Waals surface area contributed by atoms with E-state index in [1.807, 2.05) is 0 Å². The summed E-state index contributed by atoms with van der Waals surface area (Å²) in [5, 5.41) is 26.7. The van der Waals surface area contributed by atoms with Crippen molar-refractivity contribution in [2.45, 2.75) is 63.7 Å². The van der Waals surface area contributed by atoms with Gasteiger partial charge in [-0.15, -0.1) is 0 Å². The summed E-state index contributed by atoms with van der Waals surface area (Å²) in [4.78, 5) is 84.1. The fourth-order valence-electron chi connectivity index (χ4n) is 3.37. The maximum Gasteiger partial charge on any atom is 0.245 e. The first-order valence-electron chi connectivity index (χ1n) is 12.3. The topological polar surface area (TPSA) is 250 Å². The summed E-state index contributed by atoms with van der Waals surface area (Å²) in [6.07, 6.45) is 0.999. The minimum atomic E-state index is -1.49. The van der Waals surface area contributed by atoms with Gasteiger partial charge in [-0.25, -0.2) is 0 Å². The van der Waals surface area contributed by atoms with Gasteiger partial charge in [0.2, 0.25) is 41.4 Å². The van der Waals surface area contributed by atoms with Crippen LogP contribution in [0.3, 0.4) is 0 Å². The van der Waals surface area contributed by atoms with E-state index < -0.39 is 73.3 Å². The van der Waals surface area contributed by atoms with Crippen LogP contribution in [0.2, 0.25) is 0 Å². The second-order valence-corrected chi connectivity index (χ2v) is 8.95. The van der Waals surface area contributed by atoms with Gasteiger partial charge in [0.25, 0.3) is 0 Å². The van der Waals surface area contributed by atoms with Gasteiger partial charge in [0.15, 0.2) is 0 Å². The first kappa shape index (κ1) is 32.2. The number of amides is 7. The predicted octanol–water partition coefficient (Wildman–Crippen LogP) is -5.16. The summed E-state index contributed by atoms with van der Waals surface area (Å²) in [5.74, 6) is -4.71. The van der Waals surface area contributed by atoms with Gasteiger partial charge in [0.05, 0.1) is 32.3 Å². The van der Waals surface area contributed by atoms with E-state index in [0.717, 1.165) is 6.42 Å². The van der Waals surface area contributed by atoms with E-state index in [1.165, 1.54) is 0 Å². The summed E-state index contributed by atoms with van der Waals surface area (Å²) < 4.78 is 0. The van der Waals surface area contributed by atoms with E-state index >= 15 is 0 Å². The maximum atomic E-state index is 12.7. The number of aliphatic hydroxyl groups excluding tert-OH is 1. The minimum Gasteiger partial charge on any atom is -0.394 e. The zero-order chi connectivity index (χ0) is 28.7. The van der Waals surface area contributed by atoms with Crippen LogP contribution in [-0.2, 0) is 33.6 Å². The number of carbonyl (C=O) groups excluding carboxylic acids is 7. The number of nitrogens with two attached hydrogens (primary N) is 1. The molecule has 1 rings (SSSR count). The molecule has 1 heterocycles. The molecule has 0 aromatic heterocycles. The van der Waals surface area contributed by atoms with Gasteiger partial charge in [-0.3, -0.25) is 33.6 Å². The fourth-order valence-corrected chi connectivity index (χ4v) is 3.37. The number of primary amides is 1. The first-order valence-corrected chi connectivity index (χ1v) is 12.3. The van der Waals surface area contributed by atoms with Crippen molar-refractivity contribution in [2.24, 2.45) is 5.73 Å². The van der Waals surface area contributed by atoms with E-state index in [9.17, 15) is 38.7 Å². The molecule has 16 nitrogen and oxygen atoms in total. The van der Waals surface area contributed by atoms with Crippen LogP contribution in [0.4, 0.5) is 0 Å². The maximum absolute atomic E-state index is 12.7. The number of nitrogens with one attached hydrogen (secondary N) is 7. The Morgan fingerprint density at radius 2 is 1.47 bits per heavy atom. The van der Waals surface area contributed by atoms with Crippen LogP contribution < -0.4 is 43.0 Å². The SMILES string of the molecule is CC(C)NC(=O)CNC(=O)CNC(=O)[C@H](CO)NC(=O)[C@H](CCC(N)=O)NC(=O)CNC(=O)[C@@H]1CCCN1. The van der Waals surface area contributed by atoms with Crippen molar-refractivity contribution in [3.8, 4) is 0 Å². The molecule has 1 saturated heterocycles. The third-order valence-electron chi connectivity index (χ3n) is 5.27. The Morgan fingerprint density at radius 1 is 0.842 bits per heavy atom. The highest BCUT2D eigenvalue weighted by Gasteiger charge is 2.28. The average Bonchev–Trinajstić information content (AvgIpc) is 3.40. The predicted molar refractivity (Wildman–Crippen MR) is 133 cm³/mol. The Labute approximate surface area is 220 Å². The average molecular weight is 543 g/mol. The van der Waals surface area contributed by atoms with Gasteiger partial charge in [0, 0.05) is 12.5 Å². The van der Waals surface area contributed by atoms with Gasteiger partial charge < -0.3 is 48.1 Å². The lowest BCUT2D eigenvalue weighted by Gasteiger charge is -2.22. The molecular formula is C22H38N8O8. The smallest absolute Gasteiger partial charge is 0.245 e. The molecule has 214 valence electrons. The molecule has 0 aromatic carbocycles. The van der Waals surface area contributed by atoms with Crippen LogP contribution in [0.1, 0.15) is 39.5 Å². The van der Waals surface area contributed by atoms with Crippen LogP contribution >= 0.6 is 0 Å². The number of carbonyl (C=O) groups is 7. The summed E-state index contributed by atoms with van der Waals surface area (Å²) in [5.41, 5.74) is 5.14. The lowest BCUT2D eigenvalue weighted by atomic mass is 10.1. The molecule has 7 amide bonds. The molecule has 16 heteroatoms. The molecule has 0 unspecified atom stereocenters. The van der Waals surface area contributed by atoms with Crippen LogP contribution in [0.25, 0.3) is 0 Å². The second-order valence-electron chi connectivity index (χ2n) is 8.95. The molecule has 0 spiro atoms. The summed E-state index contributed by atoms with van der Waals surface area (Å²) >= 11 is 0. The fraction of sp³-hybridized carbons (Fsp3) is 0.682. The van der Waals surface area contributed by atoms with E-state index in [1.54, 1.807) is 13.8 Å². The lowest BCUT2D eigenvalue weighted by Crippen LogP contribution is -2.56. The number of hydrogen-bond donors (Lipinski definition) is 9. The normalized spacial score (nSPS) is 16.1. The highest BCUT2D eigenvalue weighted by molar-refractivity contribution is 5.95. The molecule has 3 atom stereocenters. The molecule has 0 bridgehead atoms. The van der Waals surface area contributed by atoms with Crippen LogP contribution in [0, 0.1) is 0 Å². The third-order valence-corrected chi connectivity index (χ3v) is 5.27. The van der Waals surface area contributed by atoms with Crippen molar-refractivity contribution in [3.05, 3.63) is 0 Å². The van der Waals surface area contributed by atoms with Crippen LogP contribution in [-0.4, -0.2) is 103 Å². The van der Waals surface area contributed by atoms with Gasteiger partial charge in [-0.1, -0.05) is 0 Å². The van der Waals surface area contributed by atoms with Crippen LogP contribution in [0.5, 0.6) is 0 Å². The standard InChI is InChI=1S/C22H38N8O8/c1-12(2)28-18(34)9-25-17(33)8-26-21(37)15(11-31)30-22(38)14(5-6-16(23)32)29-19(35)10-27-20(36)13-4-3-7-24-13/h12-15,24,31H,3-11H2,1-2H3,(H2,23,32)(H,25,33)(H,26,37)(H,27,36)(H,28,34)(H,29,35)(H,30,38)/t13-,14-,15-/m0/s1. The lowest BCUT2D eigenvalue weighted by molar-refractivity contribution is -0.134. The van der Waals surface area contributed by atoms with Crippen molar-refractivity contribution < 1.29 is 38.7 Å². The summed E-state index contributed by atoms with van der Waals surface area (Å²) in [7, 11) is 0. The molecule has 10 N–H and O–H groups in total. The van der Waals surface area contributed by atoms with Gasteiger partial charge in [-0.2, -0.15) is 0 Å². The third kappa shape index (κ3) is 13.0. The minimum absolute atomic E-state index is 0.113. The molecule has 38 heavy (non-hydrogen) atoms. The van der Waals surface area contributed by atoms with E-state index in [2.05, 4.69) is 37.2 Å². The molecule has 1 fully saturated rings. The summed E-state index contributed by atoms with van der Waals surface area (Å²) in [6.45, 7) is 2.10. The Balaban J connectivity index is 2.60. The van der Waals surface area contributed by atoms with Crippen molar-refractivity contribution in [1.82, 2.24) is 37.2 Å². The quantitative estimate of drug-likeness (QED) is 0.0903. The zero-order valence-electron chi connectivity index (χ0n) is 21.6. The van der Waals surface area contributed by atoms with Crippen molar-refractivity contribution in [2.75, 3.05) is 32.8 Å². The molecule has 0 aromatic rings. The highest BCUT2D eigenvalue weighted by Crippen LogP contribution is 2.04. The van der Waals surface area contributed by atoms with Gasteiger partial charge >= 0.3 is 0 Å². The van der Waals surface area contributed by atoms with Crippen molar-refractivity contribution >= 4 is 41.4 Å². The number of hydrogen-bond acceptors (Lipinski definition) is 9. The molecule has 0 aliphatic carbocycles. The Hall–Kier alpha value is -3.79. The largest absolute Gasteiger partial charge is 0.394 e. The molecular weight excluding hydrogens is 504 g/mol. The van der Waals surface area contributed by atoms with Gasteiger partial charge in [0.1, 0.15) is 12.1 Å². The van der Waals surface area contributed by atoms with E-state index in [-0.39, 0.29) is 31.3 Å². The molecule has 1 aliphatic heterocycles. The van der Waals surface area contributed by atoms with E-state index in [4.69, 9.17) is 5.73 Å². The molecule has 0 radical (unpaired) electrons. The Morgan fingerprint density at radius 3 is 2.05 bits per heavy atom. The molecule has 0 saturated carbocycles. The van der Waals surface area contributed by atoms with Crippen molar-refractivity contribution in [3.63, 3.8) is 0 Å². The van der Waals surface area contributed by atoms with E-state index in [0.29, 0.717) is 13.0 Å². The highest BCUT2D eigenvalue weighted by atomic mass is 16.3. The zero-order valence-corrected chi connectivity index (χ0v) is 21.6. The summed E-state index contributed by atoms with van der Waals surface area (Å²) in [6, 6.07) is -3.31. The second kappa shape index (κ2) is 16.9. The number of rotatable bonds is 16. The molecule has 1 aliphatic rings. The number of aliphatic hydroxyl groups is 1. The Kier molecular flexibility index (Phi) is 14.3. The van der Waals surface area contributed by atoms with Crippen LogP contribution in [0.15, 0.2) is 0 Å². The Bertz CT molecular complexity index is 875. The monoisotopic (exact) mass is 542 g/mol. The first-order chi connectivity index (χ1) is 17.9.